The van der Waals surface area contributed by atoms with Gasteiger partial charge >= 0.3 is 0 Å². The van der Waals surface area contributed by atoms with Crippen molar-refractivity contribution in [2.75, 3.05) is 0 Å². The third-order valence-electron chi connectivity index (χ3n) is 4.56. The number of nitrogens with zero attached hydrogens (tertiary/aromatic N) is 2. The highest BCUT2D eigenvalue weighted by molar-refractivity contribution is 6.02. The lowest BCUT2D eigenvalue weighted by atomic mass is 9.93. The number of pyridine rings is 1. The van der Waals surface area contributed by atoms with E-state index in [4.69, 9.17) is 4.99 Å². The third kappa shape index (κ3) is 3.70. The Labute approximate surface area is 159 Å². The van der Waals surface area contributed by atoms with Gasteiger partial charge in [0, 0.05) is 29.2 Å². The zero-order valence-electron chi connectivity index (χ0n) is 15.2. The minimum atomic E-state index is 0.950. The fraction of sp³-hybridized carbons (Fsp3) is 0.0400. The minimum absolute atomic E-state index is 0.950. The van der Waals surface area contributed by atoms with Crippen LogP contribution in [0.2, 0.25) is 0 Å². The van der Waals surface area contributed by atoms with Crippen LogP contribution in [0.25, 0.3) is 22.3 Å². The van der Waals surface area contributed by atoms with Gasteiger partial charge in [0.15, 0.2) is 0 Å². The molecule has 130 valence electrons. The SMILES string of the molecule is CC(=Nc1cccc(-c2ccccc2)c1-c1ccccc1)c1cccnc1. The molecule has 1 aromatic heterocycles. The quantitative estimate of drug-likeness (QED) is 0.384. The van der Waals surface area contributed by atoms with Gasteiger partial charge in [-0.1, -0.05) is 78.9 Å². The van der Waals surface area contributed by atoms with Gasteiger partial charge in [0.1, 0.15) is 0 Å². The molecule has 0 fully saturated rings. The molecule has 0 bridgehead atoms. The number of benzene rings is 3. The van der Waals surface area contributed by atoms with E-state index in [1.165, 1.54) is 11.1 Å². The first-order valence-electron chi connectivity index (χ1n) is 9.02. The molecule has 4 rings (SSSR count). The number of hydrogen-bond acceptors (Lipinski definition) is 2. The molecule has 0 saturated carbocycles. The molecule has 0 aliphatic rings. The second kappa shape index (κ2) is 7.79. The monoisotopic (exact) mass is 348 g/mol. The van der Waals surface area contributed by atoms with Crippen LogP contribution in [0.1, 0.15) is 12.5 Å². The van der Waals surface area contributed by atoms with Gasteiger partial charge in [-0.05, 0) is 35.7 Å². The molecule has 27 heavy (non-hydrogen) atoms. The Hall–Kier alpha value is -3.52. The van der Waals surface area contributed by atoms with E-state index in [2.05, 4.69) is 71.7 Å². The Balaban J connectivity index is 1.92. The Morgan fingerprint density at radius 1 is 0.704 bits per heavy atom. The predicted molar refractivity (Wildman–Crippen MR) is 113 cm³/mol. The molecule has 0 unspecified atom stereocenters. The Morgan fingerprint density at radius 3 is 2.07 bits per heavy atom. The van der Waals surface area contributed by atoms with Gasteiger partial charge in [-0.3, -0.25) is 9.98 Å². The van der Waals surface area contributed by atoms with E-state index in [1.54, 1.807) is 6.20 Å². The van der Waals surface area contributed by atoms with Gasteiger partial charge < -0.3 is 0 Å². The van der Waals surface area contributed by atoms with Crippen LogP contribution in [0.15, 0.2) is 108 Å². The van der Waals surface area contributed by atoms with Gasteiger partial charge in [-0.15, -0.1) is 0 Å². The summed E-state index contributed by atoms with van der Waals surface area (Å²) in [7, 11) is 0. The summed E-state index contributed by atoms with van der Waals surface area (Å²) in [6.07, 6.45) is 3.63. The molecule has 0 aliphatic heterocycles. The van der Waals surface area contributed by atoms with Crippen molar-refractivity contribution in [2.24, 2.45) is 4.99 Å². The van der Waals surface area contributed by atoms with Crippen molar-refractivity contribution in [3.8, 4) is 22.3 Å². The van der Waals surface area contributed by atoms with E-state index in [1.807, 2.05) is 37.4 Å². The van der Waals surface area contributed by atoms with Crippen molar-refractivity contribution in [3.63, 3.8) is 0 Å². The van der Waals surface area contributed by atoms with Crippen LogP contribution in [0.5, 0.6) is 0 Å². The van der Waals surface area contributed by atoms with E-state index in [9.17, 15) is 0 Å². The fourth-order valence-corrected chi connectivity index (χ4v) is 3.22. The molecule has 1 heterocycles. The Morgan fingerprint density at radius 2 is 1.41 bits per heavy atom. The van der Waals surface area contributed by atoms with Crippen LogP contribution < -0.4 is 0 Å². The van der Waals surface area contributed by atoms with Crippen LogP contribution in [0.4, 0.5) is 5.69 Å². The zero-order valence-corrected chi connectivity index (χ0v) is 15.2. The normalized spacial score (nSPS) is 11.4. The summed E-state index contributed by atoms with van der Waals surface area (Å²) in [4.78, 5) is 9.18. The van der Waals surface area contributed by atoms with Crippen molar-refractivity contribution in [1.82, 2.24) is 4.98 Å². The third-order valence-corrected chi connectivity index (χ3v) is 4.56. The first kappa shape index (κ1) is 16.9. The maximum atomic E-state index is 4.97. The molecule has 4 aromatic rings. The smallest absolute Gasteiger partial charge is 0.0717 e. The average molecular weight is 348 g/mol. The maximum Gasteiger partial charge on any atom is 0.0717 e. The molecule has 0 N–H and O–H groups in total. The van der Waals surface area contributed by atoms with E-state index in [0.29, 0.717) is 0 Å². The van der Waals surface area contributed by atoms with Gasteiger partial charge in [0.2, 0.25) is 0 Å². The first-order valence-corrected chi connectivity index (χ1v) is 9.02. The van der Waals surface area contributed by atoms with E-state index in [0.717, 1.165) is 28.1 Å². The van der Waals surface area contributed by atoms with Gasteiger partial charge in [-0.25, -0.2) is 0 Å². The molecule has 0 spiro atoms. The Bertz CT molecular complexity index is 1050. The van der Waals surface area contributed by atoms with E-state index < -0.39 is 0 Å². The van der Waals surface area contributed by atoms with Crippen molar-refractivity contribution >= 4 is 11.4 Å². The van der Waals surface area contributed by atoms with Crippen molar-refractivity contribution in [1.29, 1.82) is 0 Å². The van der Waals surface area contributed by atoms with Gasteiger partial charge in [-0.2, -0.15) is 0 Å². The van der Waals surface area contributed by atoms with Crippen LogP contribution in [0, 0.1) is 0 Å². The summed E-state index contributed by atoms with van der Waals surface area (Å²) >= 11 is 0. The summed E-state index contributed by atoms with van der Waals surface area (Å²) < 4.78 is 0. The molecular formula is C25H20N2. The molecule has 0 atom stereocenters. The summed E-state index contributed by atoms with van der Waals surface area (Å²) in [5.41, 5.74) is 7.62. The second-order valence-corrected chi connectivity index (χ2v) is 6.37. The first-order chi connectivity index (χ1) is 13.3. The molecule has 0 radical (unpaired) electrons. The lowest BCUT2D eigenvalue weighted by Crippen LogP contribution is -1.95. The van der Waals surface area contributed by atoms with E-state index >= 15 is 0 Å². The maximum absolute atomic E-state index is 4.97. The molecule has 0 aliphatic carbocycles. The van der Waals surface area contributed by atoms with Crippen molar-refractivity contribution in [2.45, 2.75) is 6.92 Å². The highest BCUT2D eigenvalue weighted by atomic mass is 14.8. The van der Waals surface area contributed by atoms with Crippen LogP contribution in [-0.2, 0) is 0 Å². The predicted octanol–water partition coefficient (Wildman–Crippen LogP) is 6.56. The zero-order chi connectivity index (χ0) is 18.5. The average Bonchev–Trinajstić information content (AvgIpc) is 2.75. The molecule has 3 aromatic carbocycles. The number of aromatic nitrogens is 1. The van der Waals surface area contributed by atoms with Crippen LogP contribution in [0.3, 0.4) is 0 Å². The van der Waals surface area contributed by atoms with Gasteiger partial charge in [0.25, 0.3) is 0 Å². The summed E-state index contributed by atoms with van der Waals surface area (Å²) in [6, 6.07) is 31.2. The Kier molecular flexibility index (Phi) is 4.88. The van der Waals surface area contributed by atoms with E-state index in [-0.39, 0.29) is 0 Å². The van der Waals surface area contributed by atoms with Crippen molar-refractivity contribution < 1.29 is 0 Å². The summed E-state index contributed by atoms with van der Waals surface area (Å²) in [6.45, 7) is 2.03. The van der Waals surface area contributed by atoms with Crippen LogP contribution in [-0.4, -0.2) is 10.7 Å². The summed E-state index contributed by atoms with van der Waals surface area (Å²) in [5, 5.41) is 0. The fourth-order valence-electron chi connectivity index (χ4n) is 3.22. The van der Waals surface area contributed by atoms with Crippen LogP contribution >= 0.6 is 0 Å². The second-order valence-electron chi connectivity index (χ2n) is 6.37. The lowest BCUT2D eigenvalue weighted by molar-refractivity contribution is 1.31. The molecular weight excluding hydrogens is 328 g/mol. The standard InChI is InChI=1S/C25H20N2/c1-19(22-14-9-17-26-18-22)27-24-16-8-15-23(20-10-4-2-5-11-20)25(24)21-12-6-3-7-13-21/h2-18H,1H3. The van der Waals surface area contributed by atoms with Gasteiger partial charge in [0.05, 0.1) is 5.69 Å². The van der Waals surface area contributed by atoms with Crippen molar-refractivity contribution in [3.05, 3.63) is 109 Å². The summed E-state index contributed by atoms with van der Waals surface area (Å²) in [5.74, 6) is 0. The highest BCUT2D eigenvalue weighted by Gasteiger charge is 2.12. The largest absolute Gasteiger partial charge is 0.264 e. The molecule has 2 heteroatoms. The lowest BCUT2D eigenvalue weighted by Gasteiger charge is -2.14. The number of rotatable bonds is 4. The number of hydrogen-bond donors (Lipinski definition) is 0. The highest BCUT2D eigenvalue weighted by Crippen LogP contribution is 2.39. The minimum Gasteiger partial charge on any atom is -0.264 e. The topological polar surface area (TPSA) is 25.2 Å². The molecule has 2 nitrogen and oxygen atoms in total. The molecule has 0 saturated heterocycles. The molecule has 0 amide bonds. The number of aliphatic imine (C=N–C) groups is 1.